The van der Waals surface area contributed by atoms with Gasteiger partial charge in [0.15, 0.2) is 5.65 Å². The smallest absolute Gasteiger partial charge is 0.234 e. The Morgan fingerprint density at radius 1 is 0.821 bits per heavy atom. The number of piperazine rings is 2. The lowest BCUT2D eigenvalue weighted by Gasteiger charge is -2.40. The highest BCUT2D eigenvalue weighted by Crippen LogP contribution is 2.35. The van der Waals surface area contributed by atoms with E-state index < -0.39 is 0 Å². The number of aromatic amines is 1. The zero-order chi connectivity index (χ0) is 38.2. The fourth-order valence-corrected chi connectivity index (χ4v) is 9.48. The number of amides is 2. The molecule has 292 valence electrons. The number of nitrogens with zero attached hydrogens (tertiary/aromatic N) is 8. The van der Waals surface area contributed by atoms with Gasteiger partial charge in [0.1, 0.15) is 17.1 Å². The Kier molecular flexibility index (Phi) is 10.5. The Hall–Kier alpha value is -4.79. The normalized spacial score (nSPS) is 20.6. The number of aryl methyl sites for hydroxylation is 1. The molecule has 1 unspecified atom stereocenters. The van der Waals surface area contributed by atoms with Crippen molar-refractivity contribution in [2.45, 2.75) is 45.1 Å². The zero-order valence-corrected chi connectivity index (χ0v) is 33.5. The van der Waals surface area contributed by atoms with Gasteiger partial charge in [-0.3, -0.25) is 24.7 Å². The number of imidazole rings is 1. The van der Waals surface area contributed by atoms with Crippen LogP contribution in [0, 0.1) is 12.8 Å². The molecule has 0 bridgehead atoms. The van der Waals surface area contributed by atoms with Crippen molar-refractivity contribution in [1.29, 1.82) is 0 Å². The van der Waals surface area contributed by atoms with Gasteiger partial charge in [-0.1, -0.05) is 17.3 Å². The van der Waals surface area contributed by atoms with Gasteiger partial charge in [-0.15, -0.1) is 0 Å². The van der Waals surface area contributed by atoms with Crippen LogP contribution in [0.25, 0.3) is 22.6 Å². The minimum absolute atomic E-state index is 0.168. The Balaban J connectivity index is 0.762. The second-order valence-corrected chi connectivity index (χ2v) is 16.6. The third-order valence-electron chi connectivity index (χ3n) is 12.1. The van der Waals surface area contributed by atoms with E-state index in [0.29, 0.717) is 18.8 Å². The lowest BCUT2D eigenvalue weighted by molar-refractivity contribution is -0.134. The highest BCUT2D eigenvalue weighted by molar-refractivity contribution is 9.10. The summed E-state index contributed by atoms with van der Waals surface area (Å²) in [5.41, 5.74) is 8.26. The van der Waals surface area contributed by atoms with E-state index in [4.69, 9.17) is 9.51 Å². The molecule has 0 radical (unpaired) electrons. The second kappa shape index (κ2) is 16.0. The predicted octanol–water partition coefficient (Wildman–Crippen LogP) is 5.56. The molecule has 13 nitrogen and oxygen atoms in total. The number of benzene rings is 2. The molecule has 2 amide bonds. The number of nitrogens with one attached hydrogen (secondary N) is 2. The number of rotatable bonds is 9. The van der Waals surface area contributed by atoms with Gasteiger partial charge in [-0.05, 0) is 90.0 Å². The highest BCUT2D eigenvalue weighted by atomic mass is 79.9. The van der Waals surface area contributed by atoms with Crippen LogP contribution in [0.15, 0.2) is 69.8 Å². The van der Waals surface area contributed by atoms with Crippen LogP contribution in [0.2, 0.25) is 0 Å². The lowest BCUT2D eigenvalue weighted by Crippen LogP contribution is -2.49. The van der Waals surface area contributed by atoms with Gasteiger partial charge < -0.3 is 24.2 Å². The van der Waals surface area contributed by atoms with Crippen molar-refractivity contribution in [3.8, 4) is 11.4 Å². The molecular formula is C42H49BrN10O3. The van der Waals surface area contributed by atoms with Crippen molar-refractivity contribution in [2.24, 2.45) is 5.92 Å². The van der Waals surface area contributed by atoms with E-state index in [2.05, 4.69) is 97.3 Å². The van der Waals surface area contributed by atoms with Gasteiger partial charge in [-0.25, -0.2) is 9.97 Å². The van der Waals surface area contributed by atoms with Crippen molar-refractivity contribution in [3.63, 3.8) is 0 Å². The summed E-state index contributed by atoms with van der Waals surface area (Å²) in [4.78, 5) is 49.7. The van der Waals surface area contributed by atoms with Gasteiger partial charge in [0.2, 0.25) is 11.8 Å². The number of hydrogen-bond acceptors (Lipinski definition) is 11. The van der Waals surface area contributed by atoms with Crippen LogP contribution in [-0.4, -0.2) is 114 Å². The fraction of sp³-hybridized carbons (Fsp3) is 0.452. The Bertz CT molecular complexity index is 2180. The van der Waals surface area contributed by atoms with Crippen LogP contribution in [0.1, 0.15) is 48.6 Å². The van der Waals surface area contributed by atoms with Crippen LogP contribution < -0.4 is 20.0 Å². The SMILES string of the molecule is Cc1cc(CN2CCN(c3c(Br)cnc4nc(-c5ccc(N6CCN(CC7CCN(c8cccc(C9CCC(=O)NC9=O)c8)CC7)CC6)cc5)[nH]c34)CC2)no1. The van der Waals surface area contributed by atoms with E-state index >= 15 is 0 Å². The number of halogens is 1. The van der Waals surface area contributed by atoms with Gasteiger partial charge in [-0.2, -0.15) is 0 Å². The number of carbonyl (C=O) groups is 2. The molecule has 0 spiro atoms. The summed E-state index contributed by atoms with van der Waals surface area (Å²) in [6, 6.07) is 19.2. The first kappa shape index (κ1) is 36.8. The zero-order valence-electron chi connectivity index (χ0n) is 31.9. The first-order valence-corrected chi connectivity index (χ1v) is 20.8. The van der Waals surface area contributed by atoms with E-state index in [1.54, 1.807) is 0 Å². The van der Waals surface area contributed by atoms with Gasteiger partial charge in [0.05, 0.1) is 21.8 Å². The molecule has 0 saturated carbocycles. The fourth-order valence-electron chi connectivity index (χ4n) is 8.93. The molecular weight excluding hydrogens is 772 g/mol. The number of fused-ring (bicyclic) bond motifs is 1. The Morgan fingerprint density at radius 2 is 1.55 bits per heavy atom. The highest BCUT2D eigenvalue weighted by Gasteiger charge is 2.30. The van der Waals surface area contributed by atoms with E-state index in [9.17, 15) is 9.59 Å². The number of H-pyrrole nitrogens is 1. The number of imide groups is 1. The third kappa shape index (κ3) is 7.91. The van der Waals surface area contributed by atoms with Crippen LogP contribution in [0.5, 0.6) is 0 Å². The molecule has 5 aromatic rings. The van der Waals surface area contributed by atoms with Gasteiger partial charge in [0, 0.05) is 114 Å². The molecule has 4 aliphatic heterocycles. The van der Waals surface area contributed by atoms with Crippen LogP contribution in [0.3, 0.4) is 0 Å². The lowest BCUT2D eigenvalue weighted by atomic mass is 9.90. The molecule has 4 saturated heterocycles. The van der Waals surface area contributed by atoms with Crippen LogP contribution in [-0.2, 0) is 16.1 Å². The Labute approximate surface area is 335 Å². The molecule has 9 rings (SSSR count). The Morgan fingerprint density at radius 3 is 2.29 bits per heavy atom. The van der Waals surface area contributed by atoms with Crippen LogP contribution >= 0.6 is 15.9 Å². The van der Waals surface area contributed by atoms with Crippen molar-refractivity contribution < 1.29 is 14.1 Å². The molecule has 56 heavy (non-hydrogen) atoms. The summed E-state index contributed by atoms with van der Waals surface area (Å²) in [7, 11) is 0. The number of anilines is 3. The molecule has 4 aliphatic rings. The largest absolute Gasteiger partial charge is 0.372 e. The predicted molar refractivity (Wildman–Crippen MR) is 221 cm³/mol. The molecule has 7 heterocycles. The number of piperidine rings is 2. The van der Waals surface area contributed by atoms with Crippen molar-refractivity contribution in [1.82, 2.24) is 35.2 Å². The topological polar surface area (TPSA) is 130 Å². The summed E-state index contributed by atoms with van der Waals surface area (Å²) in [5.74, 6) is 1.78. The molecule has 4 fully saturated rings. The average molecular weight is 822 g/mol. The molecule has 3 aromatic heterocycles. The minimum Gasteiger partial charge on any atom is -0.372 e. The first-order chi connectivity index (χ1) is 27.3. The maximum Gasteiger partial charge on any atom is 0.234 e. The van der Waals surface area contributed by atoms with E-state index in [1.807, 2.05) is 31.3 Å². The van der Waals surface area contributed by atoms with E-state index in [-0.39, 0.29) is 17.7 Å². The number of hydrogen-bond donors (Lipinski definition) is 2. The maximum atomic E-state index is 12.5. The average Bonchev–Trinajstić information content (AvgIpc) is 3.85. The van der Waals surface area contributed by atoms with Crippen LogP contribution in [0.4, 0.5) is 17.1 Å². The summed E-state index contributed by atoms with van der Waals surface area (Å²) >= 11 is 3.79. The maximum absolute atomic E-state index is 12.5. The van der Waals surface area contributed by atoms with Crippen molar-refractivity contribution >= 4 is 56.0 Å². The second-order valence-electron chi connectivity index (χ2n) is 15.8. The third-order valence-corrected chi connectivity index (χ3v) is 12.7. The monoisotopic (exact) mass is 820 g/mol. The van der Waals surface area contributed by atoms with E-state index in [0.717, 1.165) is 128 Å². The summed E-state index contributed by atoms with van der Waals surface area (Å²) in [6.45, 7) is 13.8. The number of carbonyl (C=O) groups excluding carboxylic acids is 2. The number of aromatic nitrogens is 4. The van der Waals surface area contributed by atoms with E-state index in [1.165, 1.54) is 24.2 Å². The molecule has 2 N–H and O–H groups in total. The molecule has 2 aromatic carbocycles. The van der Waals surface area contributed by atoms with Crippen molar-refractivity contribution in [3.05, 3.63) is 82.3 Å². The number of pyridine rings is 1. The minimum atomic E-state index is -0.243. The molecule has 0 aliphatic carbocycles. The quantitative estimate of drug-likeness (QED) is 0.181. The molecule has 1 atom stereocenters. The van der Waals surface area contributed by atoms with Gasteiger partial charge in [0.25, 0.3) is 0 Å². The summed E-state index contributed by atoms with van der Waals surface area (Å²) in [5, 5.41) is 6.68. The standard InChI is InChI=1S/C42H49BrN10O3/c1-28-23-32(48-56-28)27-50-17-21-53(22-18-50)39-36(43)25-44-41-38(39)46-40(47-41)30-5-7-33(8-6-30)52-19-15-49(16-20-52)26-29-11-13-51(14-12-29)34-4-2-3-31(24-34)35-9-10-37(54)45-42(35)55/h2-8,23-25,29,35H,9-22,26-27H2,1H3,(H,44,46,47)(H,45,54,55). The summed E-state index contributed by atoms with van der Waals surface area (Å²) < 4.78 is 6.23. The van der Waals surface area contributed by atoms with Gasteiger partial charge >= 0.3 is 0 Å². The molecule has 14 heteroatoms. The summed E-state index contributed by atoms with van der Waals surface area (Å²) in [6.07, 6.45) is 5.19. The first-order valence-electron chi connectivity index (χ1n) is 20.0. The van der Waals surface area contributed by atoms with Crippen molar-refractivity contribution in [2.75, 3.05) is 86.7 Å².